The highest BCUT2D eigenvalue weighted by molar-refractivity contribution is 6.46. The summed E-state index contributed by atoms with van der Waals surface area (Å²) in [6, 6.07) is 12.4. The van der Waals surface area contributed by atoms with Gasteiger partial charge in [-0.25, -0.2) is 0 Å². The molecule has 2 aromatic rings. The quantitative estimate of drug-likeness (QED) is 0.309. The Hall–Kier alpha value is -3.12. The summed E-state index contributed by atoms with van der Waals surface area (Å²) >= 11 is 0. The highest BCUT2D eigenvalue weighted by Gasteiger charge is 2.46. The number of carbonyl (C=O) groups excluding carboxylic acids is 2. The minimum atomic E-state index is -0.644. The number of aryl methyl sites for hydroxylation is 2. The number of ketones is 1. The first-order chi connectivity index (χ1) is 16.3. The van der Waals surface area contributed by atoms with Crippen LogP contribution in [0.4, 0.5) is 0 Å². The number of amides is 1. The highest BCUT2D eigenvalue weighted by atomic mass is 16.5. The minimum Gasteiger partial charge on any atom is -0.507 e. The van der Waals surface area contributed by atoms with Crippen molar-refractivity contribution in [2.24, 2.45) is 0 Å². The smallest absolute Gasteiger partial charge is 0.295 e. The normalized spacial score (nSPS) is 17.6. The molecule has 1 aliphatic rings. The number of aliphatic hydroxyl groups excluding tert-OH is 1. The number of aliphatic hydroxyl groups is 1. The fraction of sp³-hybridized carbons (Fsp3) is 0.429. The zero-order valence-corrected chi connectivity index (χ0v) is 20.9. The Morgan fingerprint density at radius 3 is 2.35 bits per heavy atom. The second-order valence-electron chi connectivity index (χ2n) is 8.70. The maximum absolute atomic E-state index is 13.3. The summed E-state index contributed by atoms with van der Waals surface area (Å²) in [6.07, 6.45) is 0.897. The van der Waals surface area contributed by atoms with Crippen LogP contribution in [0.25, 0.3) is 5.76 Å². The molecule has 1 heterocycles. The molecule has 1 atom stereocenters. The number of hydrogen-bond acceptors (Lipinski definition) is 5. The number of nitrogens with zero attached hydrogens (tertiary/aromatic N) is 2. The van der Waals surface area contributed by atoms with Crippen molar-refractivity contribution in [2.75, 3.05) is 32.8 Å². The molecular formula is C28H36N2O4. The van der Waals surface area contributed by atoms with Gasteiger partial charge in [0.25, 0.3) is 11.7 Å². The van der Waals surface area contributed by atoms with Crippen LogP contribution in [0, 0.1) is 13.8 Å². The highest BCUT2D eigenvalue weighted by Crippen LogP contribution is 2.40. The largest absolute Gasteiger partial charge is 0.507 e. The van der Waals surface area contributed by atoms with Gasteiger partial charge in [0.1, 0.15) is 11.5 Å². The van der Waals surface area contributed by atoms with Crippen LogP contribution in [0.5, 0.6) is 5.75 Å². The molecule has 182 valence electrons. The zero-order valence-electron chi connectivity index (χ0n) is 20.9. The lowest BCUT2D eigenvalue weighted by Crippen LogP contribution is -2.38. The van der Waals surface area contributed by atoms with E-state index in [0.717, 1.165) is 42.0 Å². The van der Waals surface area contributed by atoms with E-state index < -0.39 is 17.7 Å². The van der Waals surface area contributed by atoms with E-state index in [0.29, 0.717) is 25.3 Å². The van der Waals surface area contributed by atoms with E-state index in [1.165, 1.54) is 0 Å². The van der Waals surface area contributed by atoms with E-state index in [-0.39, 0.29) is 11.3 Å². The molecule has 0 bridgehead atoms. The summed E-state index contributed by atoms with van der Waals surface area (Å²) in [4.78, 5) is 30.2. The third-order valence-corrected chi connectivity index (χ3v) is 6.48. The molecule has 6 nitrogen and oxygen atoms in total. The van der Waals surface area contributed by atoms with Crippen LogP contribution >= 0.6 is 0 Å². The summed E-state index contributed by atoms with van der Waals surface area (Å²) in [5.74, 6) is -0.619. The SMILES string of the molecule is CCCOc1ccc(/C(O)=C2\C(=O)C(=O)N(CCN(CC)CC)C2c2ccccc2C)cc1C. The van der Waals surface area contributed by atoms with Gasteiger partial charge in [-0.3, -0.25) is 9.59 Å². The lowest BCUT2D eigenvalue weighted by atomic mass is 9.92. The monoisotopic (exact) mass is 464 g/mol. The Labute approximate surface area is 202 Å². The second kappa shape index (κ2) is 11.3. The van der Waals surface area contributed by atoms with E-state index in [1.807, 2.05) is 45.0 Å². The molecule has 1 unspecified atom stereocenters. The van der Waals surface area contributed by atoms with Gasteiger partial charge in [-0.2, -0.15) is 0 Å². The number of likely N-dealkylation sites (N-methyl/N-ethyl adjacent to an activating group) is 1. The van der Waals surface area contributed by atoms with Crippen molar-refractivity contribution in [1.82, 2.24) is 9.80 Å². The van der Waals surface area contributed by atoms with E-state index in [9.17, 15) is 14.7 Å². The molecule has 1 saturated heterocycles. The average Bonchev–Trinajstić information content (AvgIpc) is 3.08. The number of likely N-dealkylation sites (tertiary alicyclic amines) is 1. The van der Waals surface area contributed by atoms with Gasteiger partial charge in [-0.1, -0.05) is 45.0 Å². The van der Waals surface area contributed by atoms with E-state index in [1.54, 1.807) is 23.1 Å². The average molecular weight is 465 g/mol. The lowest BCUT2D eigenvalue weighted by molar-refractivity contribution is -0.140. The second-order valence-corrected chi connectivity index (χ2v) is 8.70. The maximum Gasteiger partial charge on any atom is 0.295 e. The van der Waals surface area contributed by atoms with Crippen LogP contribution < -0.4 is 4.74 Å². The van der Waals surface area contributed by atoms with Crippen LogP contribution in [0.2, 0.25) is 0 Å². The number of hydrogen-bond donors (Lipinski definition) is 1. The Kier molecular flexibility index (Phi) is 8.51. The molecule has 1 N–H and O–H groups in total. The van der Waals surface area contributed by atoms with Crippen molar-refractivity contribution in [3.8, 4) is 5.75 Å². The predicted octanol–water partition coefficient (Wildman–Crippen LogP) is 4.86. The summed E-state index contributed by atoms with van der Waals surface area (Å²) in [5.41, 5.74) is 3.32. The van der Waals surface area contributed by atoms with Gasteiger partial charge in [-0.15, -0.1) is 0 Å². The van der Waals surface area contributed by atoms with Crippen LogP contribution in [0.3, 0.4) is 0 Å². The van der Waals surface area contributed by atoms with Crippen molar-refractivity contribution < 1.29 is 19.4 Å². The number of Topliss-reactive ketones (excluding diaryl/α,β-unsaturated/α-hetero) is 1. The molecule has 3 rings (SSSR count). The molecule has 34 heavy (non-hydrogen) atoms. The third-order valence-electron chi connectivity index (χ3n) is 6.48. The number of benzene rings is 2. The molecule has 1 aliphatic heterocycles. The van der Waals surface area contributed by atoms with Crippen molar-refractivity contribution in [2.45, 2.75) is 47.1 Å². The number of ether oxygens (including phenoxy) is 1. The van der Waals surface area contributed by atoms with Gasteiger partial charge >= 0.3 is 0 Å². The van der Waals surface area contributed by atoms with Crippen LogP contribution in [-0.4, -0.2) is 59.4 Å². The zero-order chi connectivity index (χ0) is 24.8. The molecule has 0 aromatic heterocycles. The molecule has 0 radical (unpaired) electrons. The van der Waals surface area contributed by atoms with Crippen molar-refractivity contribution in [3.05, 3.63) is 70.3 Å². The molecular weight excluding hydrogens is 428 g/mol. The molecule has 2 aromatic carbocycles. The summed E-state index contributed by atoms with van der Waals surface area (Å²) in [7, 11) is 0. The summed E-state index contributed by atoms with van der Waals surface area (Å²) in [6.45, 7) is 13.5. The maximum atomic E-state index is 13.3. The lowest BCUT2D eigenvalue weighted by Gasteiger charge is -2.29. The molecule has 0 saturated carbocycles. The molecule has 0 spiro atoms. The van der Waals surface area contributed by atoms with E-state index >= 15 is 0 Å². The van der Waals surface area contributed by atoms with Gasteiger partial charge in [0, 0.05) is 18.7 Å². The summed E-state index contributed by atoms with van der Waals surface area (Å²) < 4.78 is 5.75. The van der Waals surface area contributed by atoms with Crippen molar-refractivity contribution >= 4 is 17.4 Å². The Morgan fingerprint density at radius 1 is 1.03 bits per heavy atom. The number of rotatable bonds is 10. The van der Waals surface area contributed by atoms with Crippen LogP contribution in [0.15, 0.2) is 48.0 Å². The third kappa shape index (κ3) is 5.17. The Balaban J connectivity index is 2.09. The van der Waals surface area contributed by atoms with Crippen molar-refractivity contribution in [1.29, 1.82) is 0 Å². The topological polar surface area (TPSA) is 70.1 Å². The first kappa shape index (κ1) is 25.5. The standard InChI is InChI=1S/C28H36N2O4/c1-6-17-34-23-14-13-21(18-20(23)5)26(31)24-25(22-12-10-9-11-19(22)4)30(28(33)27(24)32)16-15-29(7-2)8-3/h9-14,18,25,31H,6-8,15-17H2,1-5H3/b26-24+. The van der Waals surface area contributed by atoms with Gasteiger partial charge in [0.15, 0.2) is 0 Å². The van der Waals surface area contributed by atoms with Gasteiger partial charge < -0.3 is 19.6 Å². The molecule has 1 fully saturated rings. The molecule has 6 heteroatoms. The van der Waals surface area contributed by atoms with Crippen LogP contribution in [-0.2, 0) is 9.59 Å². The predicted molar refractivity (Wildman–Crippen MR) is 135 cm³/mol. The van der Waals surface area contributed by atoms with Crippen LogP contribution in [0.1, 0.15) is 55.5 Å². The molecule has 1 amide bonds. The first-order valence-corrected chi connectivity index (χ1v) is 12.1. The Bertz CT molecular complexity index is 1070. The minimum absolute atomic E-state index is 0.139. The van der Waals surface area contributed by atoms with E-state index in [4.69, 9.17) is 4.74 Å². The van der Waals surface area contributed by atoms with Gasteiger partial charge in [0.2, 0.25) is 0 Å². The first-order valence-electron chi connectivity index (χ1n) is 12.1. The van der Waals surface area contributed by atoms with Gasteiger partial charge in [-0.05, 0) is 68.2 Å². The van der Waals surface area contributed by atoms with Crippen molar-refractivity contribution in [3.63, 3.8) is 0 Å². The Morgan fingerprint density at radius 2 is 1.74 bits per heavy atom. The fourth-order valence-corrected chi connectivity index (χ4v) is 4.44. The number of carbonyl (C=O) groups is 2. The van der Waals surface area contributed by atoms with E-state index in [2.05, 4.69) is 18.7 Å². The summed E-state index contributed by atoms with van der Waals surface area (Å²) in [5, 5.41) is 11.3. The fourth-order valence-electron chi connectivity index (χ4n) is 4.44. The molecule has 0 aliphatic carbocycles. The van der Waals surface area contributed by atoms with Gasteiger partial charge in [0.05, 0.1) is 18.2 Å².